The summed E-state index contributed by atoms with van der Waals surface area (Å²) in [7, 11) is 1.48. The lowest BCUT2D eigenvalue weighted by Crippen LogP contribution is -2.34. The molecule has 1 rings (SSSR count). The number of hydrogen-bond donors (Lipinski definition) is 0. The van der Waals surface area contributed by atoms with E-state index in [9.17, 15) is 4.79 Å². The molecule has 0 bridgehead atoms. The van der Waals surface area contributed by atoms with Crippen LogP contribution >= 0.6 is 0 Å². The average Bonchev–Trinajstić information content (AvgIpc) is 2.43. The number of methoxy groups -OCH3 is 1. The fraction of sp³-hybridized carbons (Fsp3) is 0.462. The van der Waals surface area contributed by atoms with Gasteiger partial charge in [0.15, 0.2) is 0 Å². The number of pyridine rings is 1. The number of ether oxygens (including phenoxy) is 1. The van der Waals surface area contributed by atoms with Gasteiger partial charge in [0.1, 0.15) is 5.56 Å². The number of aromatic nitrogens is 1. The van der Waals surface area contributed by atoms with E-state index in [-0.39, 0.29) is 11.8 Å². The van der Waals surface area contributed by atoms with Crippen molar-refractivity contribution in [1.29, 1.82) is 5.26 Å². The third-order valence-electron chi connectivity index (χ3n) is 2.58. The smallest absolute Gasteiger partial charge is 0.259 e. The lowest BCUT2D eigenvalue weighted by molar-refractivity contribution is 0.0748. The van der Waals surface area contributed by atoms with Crippen LogP contribution in [0.5, 0.6) is 5.88 Å². The molecule has 0 fully saturated rings. The Balaban J connectivity index is 2.93. The molecule has 1 amide bonds. The van der Waals surface area contributed by atoms with Crippen LogP contribution in [0.3, 0.4) is 0 Å². The maximum atomic E-state index is 12.3. The van der Waals surface area contributed by atoms with Gasteiger partial charge in [-0.25, -0.2) is 4.98 Å². The number of hydrogen-bond acceptors (Lipinski definition) is 4. The molecule has 1 aromatic heterocycles. The first-order valence-electron chi connectivity index (χ1n) is 5.81. The van der Waals surface area contributed by atoms with Crippen molar-refractivity contribution in [2.75, 3.05) is 20.2 Å². The molecule has 1 heterocycles. The lowest BCUT2D eigenvalue weighted by atomic mass is 10.1. The van der Waals surface area contributed by atoms with E-state index in [2.05, 4.69) is 11.1 Å². The van der Waals surface area contributed by atoms with Crippen LogP contribution in [0.25, 0.3) is 0 Å². The Labute approximate surface area is 107 Å². The largest absolute Gasteiger partial charge is 0.480 e. The second-order valence-electron chi connectivity index (χ2n) is 3.93. The van der Waals surface area contributed by atoms with E-state index in [1.165, 1.54) is 7.11 Å². The fourth-order valence-corrected chi connectivity index (χ4v) is 1.61. The summed E-state index contributed by atoms with van der Waals surface area (Å²) in [5.74, 6) is -0.0494. The summed E-state index contributed by atoms with van der Waals surface area (Å²) < 4.78 is 5.07. The second-order valence-corrected chi connectivity index (χ2v) is 3.93. The predicted molar refractivity (Wildman–Crippen MR) is 67.1 cm³/mol. The van der Waals surface area contributed by atoms with Gasteiger partial charge in [-0.3, -0.25) is 4.79 Å². The van der Waals surface area contributed by atoms with Gasteiger partial charge in [0.25, 0.3) is 5.91 Å². The Morgan fingerprint density at radius 3 is 2.94 bits per heavy atom. The van der Waals surface area contributed by atoms with Gasteiger partial charge in [0.2, 0.25) is 5.88 Å². The van der Waals surface area contributed by atoms with Crippen molar-refractivity contribution >= 4 is 5.91 Å². The molecule has 0 aromatic carbocycles. The number of nitrogens with zero attached hydrogens (tertiary/aromatic N) is 3. The van der Waals surface area contributed by atoms with Crippen LogP contribution in [-0.4, -0.2) is 36.0 Å². The maximum Gasteiger partial charge on any atom is 0.259 e. The quantitative estimate of drug-likeness (QED) is 0.794. The fourth-order valence-electron chi connectivity index (χ4n) is 1.61. The summed E-state index contributed by atoms with van der Waals surface area (Å²) in [5, 5.41) is 8.81. The van der Waals surface area contributed by atoms with Crippen LogP contribution < -0.4 is 4.74 Å². The van der Waals surface area contributed by atoms with Crippen molar-refractivity contribution < 1.29 is 9.53 Å². The minimum Gasteiger partial charge on any atom is -0.480 e. The molecule has 0 radical (unpaired) electrons. The third kappa shape index (κ3) is 3.20. The van der Waals surface area contributed by atoms with Gasteiger partial charge in [-0.15, -0.1) is 0 Å². The van der Waals surface area contributed by atoms with Crippen LogP contribution in [0.15, 0.2) is 18.3 Å². The number of carbonyl (C=O) groups excluding carboxylic acids is 1. The zero-order valence-corrected chi connectivity index (χ0v) is 10.9. The summed E-state index contributed by atoms with van der Waals surface area (Å²) >= 11 is 0. The number of amides is 1. The first kappa shape index (κ1) is 14.0. The minimum atomic E-state index is -0.198. The van der Waals surface area contributed by atoms with Gasteiger partial charge in [0.05, 0.1) is 19.1 Å². The normalized spacial score (nSPS) is 11.4. The average molecular weight is 247 g/mol. The molecule has 96 valence electrons. The van der Waals surface area contributed by atoms with Crippen LogP contribution in [0, 0.1) is 17.2 Å². The van der Waals surface area contributed by atoms with E-state index in [0.717, 1.165) is 0 Å². The van der Waals surface area contributed by atoms with E-state index in [4.69, 9.17) is 10.00 Å². The standard InChI is InChI=1S/C13H17N3O2/c1-4-16(9-10(2)8-14)13(17)11-6-5-7-15-12(11)18-3/h5-7,10H,4,9H2,1-3H3. The van der Waals surface area contributed by atoms with E-state index in [1.807, 2.05) is 6.92 Å². The van der Waals surface area contributed by atoms with Crippen LogP contribution in [0.1, 0.15) is 24.2 Å². The molecule has 0 N–H and O–H groups in total. The van der Waals surface area contributed by atoms with Gasteiger partial charge in [-0.05, 0) is 26.0 Å². The molecule has 1 atom stereocenters. The molecule has 5 heteroatoms. The van der Waals surface area contributed by atoms with Crippen molar-refractivity contribution in [1.82, 2.24) is 9.88 Å². The molecule has 5 nitrogen and oxygen atoms in total. The number of rotatable bonds is 5. The molecule has 0 saturated carbocycles. The highest BCUT2D eigenvalue weighted by molar-refractivity contribution is 5.96. The second kappa shape index (κ2) is 6.60. The zero-order valence-electron chi connectivity index (χ0n) is 10.9. The molecule has 0 saturated heterocycles. The predicted octanol–water partition coefficient (Wildman–Crippen LogP) is 1.71. The van der Waals surface area contributed by atoms with Gasteiger partial charge in [-0.1, -0.05) is 0 Å². The molecular weight excluding hydrogens is 230 g/mol. The maximum absolute atomic E-state index is 12.3. The molecular formula is C13H17N3O2. The highest BCUT2D eigenvalue weighted by atomic mass is 16.5. The van der Waals surface area contributed by atoms with Crippen molar-refractivity contribution in [2.45, 2.75) is 13.8 Å². The number of nitriles is 1. The van der Waals surface area contributed by atoms with Crippen LogP contribution in [-0.2, 0) is 0 Å². The van der Waals surface area contributed by atoms with Crippen molar-refractivity contribution in [3.63, 3.8) is 0 Å². The van der Waals surface area contributed by atoms with Crippen LogP contribution in [0.2, 0.25) is 0 Å². The molecule has 1 aromatic rings. The Morgan fingerprint density at radius 2 is 2.39 bits per heavy atom. The first-order chi connectivity index (χ1) is 8.63. The summed E-state index contributed by atoms with van der Waals surface area (Å²) in [6, 6.07) is 5.49. The molecule has 0 aliphatic carbocycles. The Morgan fingerprint density at radius 1 is 1.67 bits per heavy atom. The minimum absolute atomic E-state index is 0.162. The summed E-state index contributed by atoms with van der Waals surface area (Å²) in [6.07, 6.45) is 1.57. The van der Waals surface area contributed by atoms with Gasteiger partial charge in [0, 0.05) is 19.3 Å². The highest BCUT2D eigenvalue weighted by Gasteiger charge is 2.20. The van der Waals surface area contributed by atoms with E-state index in [1.54, 1.807) is 30.2 Å². The van der Waals surface area contributed by atoms with Crippen molar-refractivity contribution in [3.8, 4) is 11.9 Å². The summed E-state index contributed by atoms with van der Waals surface area (Å²) in [4.78, 5) is 17.9. The topological polar surface area (TPSA) is 66.2 Å². The van der Waals surface area contributed by atoms with E-state index >= 15 is 0 Å². The number of carbonyl (C=O) groups is 1. The lowest BCUT2D eigenvalue weighted by Gasteiger charge is -2.22. The van der Waals surface area contributed by atoms with Crippen molar-refractivity contribution in [2.24, 2.45) is 5.92 Å². The van der Waals surface area contributed by atoms with Crippen LogP contribution in [0.4, 0.5) is 0 Å². The Kier molecular flexibility index (Phi) is 5.12. The Hall–Kier alpha value is -2.09. The van der Waals surface area contributed by atoms with Gasteiger partial charge >= 0.3 is 0 Å². The van der Waals surface area contributed by atoms with Gasteiger partial charge in [-0.2, -0.15) is 5.26 Å². The SMILES string of the molecule is CCN(CC(C)C#N)C(=O)c1cccnc1OC. The molecule has 1 unspecified atom stereocenters. The van der Waals surface area contributed by atoms with Gasteiger partial charge < -0.3 is 9.64 Å². The summed E-state index contributed by atoms with van der Waals surface area (Å²) in [5.41, 5.74) is 0.423. The molecule has 18 heavy (non-hydrogen) atoms. The van der Waals surface area contributed by atoms with E-state index < -0.39 is 0 Å². The monoisotopic (exact) mass is 247 g/mol. The molecule has 0 aliphatic rings. The highest BCUT2D eigenvalue weighted by Crippen LogP contribution is 2.16. The first-order valence-corrected chi connectivity index (χ1v) is 5.81. The van der Waals surface area contributed by atoms with Crippen molar-refractivity contribution in [3.05, 3.63) is 23.9 Å². The zero-order chi connectivity index (χ0) is 13.5. The molecule has 0 aliphatic heterocycles. The Bertz CT molecular complexity index is 454. The summed E-state index contributed by atoms with van der Waals surface area (Å²) in [6.45, 7) is 4.62. The van der Waals surface area contributed by atoms with E-state index in [0.29, 0.717) is 24.5 Å². The third-order valence-corrected chi connectivity index (χ3v) is 2.58. The molecule has 0 spiro atoms.